The molecule has 0 fully saturated rings. The number of hydrogen-bond acceptors (Lipinski definition) is 3. The van der Waals surface area contributed by atoms with E-state index < -0.39 is 15.4 Å². The van der Waals surface area contributed by atoms with Crippen molar-refractivity contribution in [3.63, 3.8) is 0 Å². The van der Waals surface area contributed by atoms with Crippen molar-refractivity contribution in [1.82, 2.24) is 0 Å². The van der Waals surface area contributed by atoms with Crippen molar-refractivity contribution >= 4 is 10.0 Å². The van der Waals surface area contributed by atoms with Crippen molar-refractivity contribution in [2.45, 2.75) is 5.37 Å². The van der Waals surface area contributed by atoms with Crippen molar-refractivity contribution in [3.8, 4) is 6.07 Å². The maximum Gasteiger partial charge on any atom is 0.356 e. The first-order valence-electron chi connectivity index (χ1n) is 3.42. The van der Waals surface area contributed by atoms with E-state index in [1.165, 1.54) is 17.0 Å². The molecule has 1 aromatic rings. The summed E-state index contributed by atoms with van der Waals surface area (Å²) in [5.41, 5.74) is 0. The summed E-state index contributed by atoms with van der Waals surface area (Å²) >= 11 is 0. The minimum Gasteiger partial charge on any atom is -0.222 e. The molecule has 0 saturated carbocycles. The van der Waals surface area contributed by atoms with Crippen LogP contribution in [0.3, 0.4) is 0 Å². The Labute approximate surface area is 76.1 Å². The molecule has 1 unspecified atom stereocenters. The first-order valence-corrected chi connectivity index (χ1v) is 5.03. The van der Waals surface area contributed by atoms with Gasteiger partial charge in [0.2, 0.25) is 0 Å². The summed E-state index contributed by atoms with van der Waals surface area (Å²) < 4.78 is 23.0. The number of pyridine rings is 1. The fourth-order valence-corrected chi connectivity index (χ4v) is 1.50. The van der Waals surface area contributed by atoms with E-state index in [9.17, 15) is 8.42 Å². The molecule has 1 aromatic heterocycles. The number of primary sulfonamides is 1. The van der Waals surface area contributed by atoms with E-state index in [1.54, 1.807) is 24.3 Å². The molecule has 0 saturated heterocycles. The van der Waals surface area contributed by atoms with Gasteiger partial charge in [-0.1, -0.05) is 6.07 Å². The quantitative estimate of drug-likeness (QED) is 0.636. The van der Waals surface area contributed by atoms with Crippen LogP contribution in [0, 0.1) is 11.3 Å². The average Bonchev–Trinajstić information content (AvgIpc) is 2.05. The van der Waals surface area contributed by atoms with Crippen LogP contribution in [0.4, 0.5) is 0 Å². The van der Waals surface area contributed by atoms with Crippen molar-refractivity contribution in [2.75, 3.05) is 0 Å². The lowest BCUT2D eigenvalue weighted by Gasteiger charge is -1.99. The average molecular weight is 198 g/mol. The number of rotatable bonds is 2. The van der Waals surface area contributed by atoms with Gasteiger partial charge in [-0.2, -0.15) is 9.83 Å². The monoisotopic (exact) mass is 198 g/mol. The number of aromatic nitrogens is 1. The summed E-state index contributed by atoms with van der Waals surface area (Å²) in [5.74, 6) is 0. The number of nitrogens with zero attached hydrogens (tertiary/aromatic N) is 2. The van der Waals surface area contributed by atoms with Gasteiger partial charge in [0, 0.05) is 12.1 Å². The van der Waals surface area contributed by atoms with Crippen LogP contribution in [-0.2, 0) is 10.0 Å². The van der Waals surface area contributed by atoms with Gasteiger partial charge in [0.25, 0.3) is 10.0 Å². The van der Waals surface area contributed by atoms with Gasteiger partial charge >= 0.3 is 5.37 Å². The minimum atomic E-state index is -3.87. The number of nitrogens with two attached hydrogens (primary N) is 1. The molecule has 5 nitrogen and oxygen atoms in total. The van der Waals surface area contributed by atoms with E-state index in [0.717, 1.165) is 0 Å². The smallest absolute Gasteiger partial charge is 0.222 e. The fourth-order valence-electron chi connectivity index (χ4n) is 0.878. The Kier molecular flexibility index (Phi) is 2.60. The molecule has 0 spiro atoms. The van der Waals surface area contributed by atoms with Crippen LogP contribution in [0.15, 0.2) is 30.6 Å². The molecule has 6 heteroatoms. The van der Waals surface area contributed by atoms with Crippen LogP contribution < -0.4 is 9.71 Å². The SMILES string of the molecule is N#CC([n+]1ccccc1)S(N)(=O)=O. The zero-order valence-corrected chi connectivity index (χ0v) is 7.48. The predicted molar refractivity (Wildman–Crippen MR) is 44.4 cm³/mol. The molecule has 1 atom stereocenters. The van der Waals surface area contributed by atoms with Gasteiger partial charge < -0.3 is 0 Å². The largest absolute Gasteiger partial charge is 0.356 e. The lowest BCUT2D eigenvalue weighted by atomic mass is 10.5. The Morgan fingerprint density at radius 2 is 1.85 bits per heavy atom. The van der Waals surface area contributed by atoms with Gasteiger partial charge in [0.15, 0.2) is 18.5 Å². The Balaban J connectivity index is 3.16. The van der Waals surface area contributed by atoms with Crippen LogP contribution in [0.2, 0.25) is 0 Å². The van der Waals surface area contributed by atoms with Gasteiger partial charge in [-0.25, -0.2) is 13.6 Å². The van der Waals surface area contributed by atoms with E-state index in [4.69, 9.17) is 10.4 Å². The third-order valence-corrected chi connectivity index (χ3v) is 2.40. The highest BCUT2D eigenvalue weighted by atomic mass is 32.2. The summed E-state index contributed by atoms with van der Waals surface area (Å²) in [5, 5.41) is 12.1. The molecule has 0 aliphatic carbocycles. The van der Waals surface area contributed by atoms with E-state index in [2.05, 4.69) is 0 Å². The molecule has 1 rings (SSSR count). The molecular formula is C7H8N3O2S+. The van der Waals surface area contributed by atoms with Crippen molar-refractivity contribution in [3.05, 3.63) is 30.6 Å². The molecule has 68 valence electrons. The molecule has 1 heterocycles. The molecule has 13 heavy (non-hydrogen) atoms. The normalized spacial score (nSPS) is 13.2. The van der Waals surface area contributed by atoms with Crippen LogP contribution in [-0.4, -0.2) is 8.42 Å². The molecule has 0 aliphatic rings. The van der Waals surface area contributed by atoms with Crippen molar-refractivity contribution in [2.24, 2.45) is 5.14 Å². The van der Waals surface area contributed by atoms with E-state index in [-0.39, 0.29) is 0 Å². The molecule has 0 radical (unpaired) electrons. The zero-order chi connectivity index (χ0) is 9.90. The third kappa shape index (κ3) is 2.24. The van der Waals surface area contributed by atoms with E-state index >= 15 is 0 Å². The highest BCUT2D eigenvalue weighted by Gasteiger charge is 2.29. The second-order valence-corrected chi connectivity index (χ2v) is 4.02. The van der Waals surface area contributed by atoms with Crippen LogP contribution in [0.5, 0.6) is 0 Å². The second kappa shape index (κ2) is 3.51. The van der Waals surface area contributed by atoms with Gasteiger partial charge in [0.05, 0.1) is 0 Å². The Morgan fingerprint density at radius 3 is 2.23 bits per heavy atom. The number of nitriles is 1. The van der Waals surface area contributed by atoms with Crippen molar-refractivity contribution < 1.29 is 13.0 Å². The first kappa shape index (κ1) is 9.64. The van der Waals surface area contributed by atoms with Crippen LogP contribution in [0.25, 0.3) is 0 Å². The third-order valence-electron chi connectivity index (χ3n) is 1.43. The first-order chi connectivity index (χ1) is 6.05. The minimum absolute atomic E-state index is 1.23. The molecule has 0 aromatic carbocycles. The summed E-state index contributed by atoms with van der Waals surface area (Å²) in [7, 11) is -3.87. The molecule has 0 amide bonds. The Bertz CT molecular complexity index is 421. The summed E-state index contributed by atoms with van der Waals surface area (Å²) in [4.78, 5) is 0. The number of sulfonamides is 1. The molecule has 0 aliphatic heterocycles. The summed E-state index contributed by atoms with van der Waals surface area (Å²) in [6.07, 6.45) is 2.94. The Hall–Kier alpha value is -1.45. The highest BCUT2D eigenvalue weighted by molar-refractivity contribution is 7.89. The highest BCUT2D eigenvalue weighted by Crippen LogP contribution is 1.99. The maximum atomic E-state index is 10.9. The van der Waals surface area contributed by atoms with Crippen LogP contribution in [0.1, 0.15) is 5.37 Å². The molecule has 0 bridgehead atoms. The van der Waals surface area contributed by atoms with E-state index in [0.29, 0.717) is 0 Å². The topological polar surface area (TPSA) is 87.8 Å². The van der Waals surface area contributed by atoms with E-state index in [1.807, 2.05) is 0 Å². The Morgan fingerprint density at radius 1 is 1.31 bits per heavy atom. The fraction of sp³-hybridized carbons (Fsp3) is 0.143. The van der Waals surface area contributed by atoms with Gasteiger partial charge in [0.1, 0.15) is 0 Å². The second-order valence-electron chi connectivity index (χ2n) is 2.39. The van der Waals surface area contributed by atoms with Gasteiger partial charge in [-0.05, 0) is 0 Å². The van der Waals surface area contributed by atoms with Crippen LogP contribution >= 0.6 is 0 Å². The molecular weight excluding hydrogens is 190 g/mol. The standard InChI is InChI=1S/C7H8N3O2S/c8-6-7(13(9,11)12)10-4-2-1-3-5-10/h1-5,7H,(H2,9,11,12)/q+1. The lowest BCUT2D eigenvalue weighted by molar-refractivity contribution is -0.689. The molecule has 2 N–H and O–H groups in total. The van der Waals surface area contributed by atoms with Gasteiger partial charge in [-0.15, -0.1) is 0 Å². The summed E-state index contributed by atoms with van der Waals surface area (Å²) in [6, 6.07) is 6.57. The maximum absolute atomic E-state index is 10.9. The van der Waals surface area contributed by atoms with Crippen molar-refractivity contribution in [1.29, 1.82) is 5.26 Å². The lowest BCUT2D eigenvalue weighted by Crippen LogP contribution is -2.44. The zero-order valence-electron chi connectivity index (χ0n) is 6.66. The predicted octanol–water partition coefficient (Wildman–Crippen LogP) is -0.715. The number of hydrogen-bond donors (Lipinski definition) is 1. The van der Waals surface area contributed by atoms with Gasteiger partial charge in [-0.3, -0.25) is 0 Å². The summed E-state index contributed by atoms with van der Waals surface area (Å²) in [6.45, 7) is 0.